The highest BCUT2D eigenvalue weighted by Gasteiger charge is 2.08. The number of carbonyl (C=O) groups is 1. The summed E-state index contributed by atoms with van der Waals surface area (Å²) in [6.45, 7) is 3.17. The summed E-state index contributed by atoms with van der Waals surface area (Å²) < 4.78 is 10.6. The van der Waals surface area contributed by atoms with Crippen LogP contribution in [0.4, 0.5) is 11.5 Å². The molecule has 0 amide bonds. The van der Waals surface area contributed by atoms with E-state index in [9.17, 15) is 14.9 Å². The number of nitrogens with one attached hydrogen (secondary N) is 1. The molecule has 0 fully saturated rings. The van der Waals surface area contributed by atoms with Crippen molar-refractivity contribution in [1.29, 1.82) is 0 Å². The van der Waals surface area contributed by atoms with E-state index in [2.05, 4.69) is 10.3 Å². The monoisotopic (exact) mass is 345 g/mol. The highest BCUT2D eigenvalue weighted by molar-refractivity contribution is 5.89. The maximum absolute atomic E-state index is 12.0. The summed E-state index contributed by atoms with van der Waals surface area (Å²) in [7, 11) is 0. The van der Waals surface area contributed by atoms with Crippen LogP contribution < -0.4 is 10.1 Å². The van der Waals surface area contributed by atoms with Gasteiger partial charge in [0.05, 0.1) is 23.7 Å². The van der Waals surface area contributed by atoms with Crippen LogP contribution in [0.15, 0.2) is 42.6 Å². The Hall–Kier alpha value is -3.16. The van der Waals surface area contributed by atoms with Gasteiger partial charge in [-0.1, -0.05) is 6.07 Å². The third kappa shape index (κ3) is 5.76. The van der Waals surface area contributed by atoms with E-state index in [1.807, 2.05) is 6.92 Å². The number of nitrogens with zero attached hydrogens (tertiary/aromatic N) is 2. The fraction of sp³-hybridized carbons (Fsp3) is 0.294. The van der Waals surface area contributed by atoms with Crippen LogP contribution in [0.1, 0.15) is 23.7 Å². The van der Waals surface area contributed by atoms with Crippen molar-refractivity contribution >= 4 is 17.5 Å². The highest BCUT2D eigenvalue weighted by Crippen LogP contribution is 2.14. The third-order valence-corrected chi connectivity index (χ3v) is 3.20. The number of rotatable bonds is 9. The second kappa shape index (κ2) is 9.21. The number of anilines is 1. The highest BCUT2D eigenvalue weighted by atomic mass is 16.6. The van der Waals surface area contributed by atoms with Gasteiger partial charge in [-0.2, -0.15) is 0 Å². The molecule has 8 nitrogen and oxygen atoms in total. The van der Waals surface area contributed by atoms with Gasteiger partial charge in [0, 0.05) is 12.6 Å². The molecule has 0 saturated carbocycles. The molecule has 1 heterocycles. The Balaban J connectivity index is 1.71. The molecule has 8 heteroatoms. The van der Waals surface area contributed by atoms with Crippen LogP contribution in [0.2, 0.25) is 0 Å². The fourth-order valence-electron chi connectivity index (χ4n) is 2.01. The number of ether oxygens (including phenoxy) is 2. The number of carbonyl (C=O) groups excluding carboxylic acids is 1. The number of aromatic nitrogens is 1. The van der Waals surface area contributed by atoms with Crippen LogP contribution in [0.25, 0.3) is 0 Å². The minimum atomic E-state index is -0.503. The summed E-state index contributed by atoms with van der Waals surface area (Å²) in [6.07, 6.45) is 1.77. The minimum Gasteiger partial charge on any atom is -0.494 e. The molecule has 132 valence electrons. The third-order valence-electron chi connectivity index (χ3n) is 3.20. The van der Waals surface area contributed by atoms with E-state index in [1.54, 1.807) is 24.3 Å². The SMILES string of the molecule is CCOc1cccc(C(=O)OCCCNc2ccc([N+](=O)[O-])cn2)c1. The first kappa shape index (κ1) is 18.2. The lowest BCUT2D eigenvalue weighted by molar-refractivity contribution is -0.385. The van der Waals surface area contributed by atoms with Crippen molar-refractivity contribution in [3.8, 4) is 5.75 Å². The average Bonchev–Trinajstić information content (AvgIpc) is 2.62. The van der Waals surface area contributed by atoms with Gasteiger partial charge >= 0.3 is 5.97 Å². The minimum absolute atomic E-state index is 0.0613. The molecule has 0 saturated heterocycles. The number of hydrogen-bond acceptors (Lipinski definition) is 7. The van der Waals surface area contributed by atoms with E-state index < -0.39 is 10.9 Å². The molecule has 2 aromatic rings. The normalized spacial score (nSPS) is 10.1. The molecule has 0 unspecified atom stereocenters. The zero-order valence-electron chi connectivity index (χ0n) is 13.8. The van der Waals surface area contributed by atoms with Crippen molar-refractivity contribution in [1.82, 2.24) is 4.98 Å². The second-order valence-corrected chi connectivity index (χ2v) is 5.04. The maximum atomic E-state index is 12.0. The molecule has 0 aliphatic rings. The van der Waals surface area contributed by atoms with Crippen molar-refractivity contribution in [2.45, 2.75) is 13.3 Å². The van der Waals surface area contributed by atoms with Crippen molar-refractivity contribution in [2.24, 2.45) is 0 Å². The predicted molar refractivity (Wildman–Crippen MR) is 91.9 cm³/mol. The Kier molecular flexibility index (Phi) is 6.70. The van der Waals surface area contributed by atoms with E-state index in [4.69, 9.17) is 9.47 Å². The van der Waals surface area contributed by atoms with Crippen LogP contribution in [0.3, 0.4) is 0 Å². The summed E-state index contributed by atoms with van der Waals surface area (Å²) in [5.41, 5.74) is 0.379. The molecule has 0 atom stereocenters. The van der Waals surface area contributed by atoms with E-state index in [-0.39, 0.29) is 12.3 Å². The van der Waals surface area contributed by atoms with E-state index >= 15 is 0 Å². The molecule has 1 aromatic carbocycles. The molecule has 0 aliphatic heterocycles. The molecule has 0 aliphatic carbocycles. The van der Waals surface area contributed by atoms with E-state index in [0.29, 0.717) is 36.7 Å². The van der Waals surface area contributed by atoms with Crippen LogP contribution in [-0.4, -0.2) is 35.6 Å². The van der Waals surface area contributed by atoms with Crippen molar-refractivity contribution in [2.75, 3.05) is 25.1 Å². The zero-order valence-corrected chi connectivity index (χ0v) is 13.8. The van der Waals surface area contributed by atoms with Crippen molar-refractivity contribution < 1.29 is 19.2 Å². The first-order valence-electron chi connectivity index (χ1n) is 7.84. The maximum Gasteiger partial charge on any atom is 0.338 e. The summed E-state index contributed by atoms with van der Waals surface area (Å²) in [5, 5.41) is 13.5. The topological polar surface area (TPSA) is 104 Å². The Morgan fingerprint density at radius 2 is 2.16 bits per heavy atom. The van der Waals surface area contributed by atoms with Gasteiger partial charge in [0.2, 0.25) is 0 Å². The Labute approximate surface area is 144 Å². The lowest BCUT2D eigenvalue weighted by Crippen LogP contribution is -2.11. The second-order valence-electron chi connectivity index (χ2n) is 5.04. The lowest BCUT2D eigenvalue weighted by atomic mass is 10.2. The Bertz CT molecular complexity index is 718. The van der Waals surface area contributed by atoms with Gasteiger partial charge in [-0.3, -0.25) is 10.1 Å². The van der Waals surface area contributed by atoms with Gasteiger partial charge in [0.25, 0.3) is 5.69 Å². The van der Waals surface area contributed by atoms with E-state index in [0.717, 1.165) is 0 Å². The molecule has 2 rings (SSSR count). The molecule has 0 bridgehead atoms. The Morgan fingerprint density at radius 3 is 2.84 bits per heavy atom. The summed E-state index contributed by atoms with van der Waals surface area (Å²) >= 11 is 0. The van der Waals surface area contributed by atoms with Crippen LogP contribution >= 0.6 is 0 Å². The number of esters is 1. The average molecular weight is 345 g/mol. The number of hydrogen-bond donors (Lipinski definition) is 1. The number of pyridine rings is 1. The quantitative estimate of drug-likeness (QED) is 0.322. The molecular weight excluding hydrogens is 326 g/mol. The first-order valence-corrected chi connectivity index (χ1v) is 7.84. The van der Waals surface area contributed by atoms with Gasteiger partial charge in [0.1, 0.15) is 17.8 Å². The lowest BCUT2D eigenvalue weighted by Gasteiger charge is -2.08. The predicted octanol–water partition coefficient (Wildman–Crippen LogP) is 3.05. The fourth-order valence-corrected chi connectivity index (χ4v) is 2.01. The zero-order chi connectivity index (χ0) is 18.1. The van der Waals surface area contributed by atoms with Gasteiger partial charge < -0.3 is 14.8 Å². The summed E-state index contributed by atoms with van der Waals surface area (Å²) in [5.74, 6) is 0.749. The standard InChI is InChI=1S/C17H19N3O5/c1-2-24-15-6-3-5-13(11-15)17(21)25-10-4-9-18-16-8-7-14(12-19-16)20(22)23/h3,5-8,11-12H,2,4,9-10H2,1H3,(H,18,19). The van der Waals surface area contributed by atoms with Gasteiger partial charge in [-0.25, -0.2) is 9.78 Å². The Morgan fingerprint density at radius 1 is 1.32 bits per heavy atom. The smallest absolute Gasteiger partial charge is 0.338 e. The van der Waals surface area contributed by atoms with Crippen LogP contribution in [0, 0.1) is 10.1 Å². The van der Waals surface area contributed by atoms with Gasteiger partial charge in [-0.05, 0) is 37.6 Å². The first-order chi connectivity index (χ1) is 12.1. The largest absolute Gasteiger partial charge is 0.494 e. The van der Waals surface area contributed by atoms with E-state index in [1.165, 1.54) is 18.3 Å². The summed E-state index contributed by atoms with van der Waals surface area (Å²) in [6, 6.07) is 9.74. The van der Waals surface area contributed by atoms with Gasteiger partial charge in [0.15, 0.2) is 0 Å². The molecule has 25 heavy (non-hydrogen) atoms. The molecular formula is C17H19N3O5. The van der Waals surface area contributed by atoms with Gasteiger partial charge in [-0.15, -0.1) is 0 Å². The molecule has 1 aromatic heterocycles. The molecule has 0 radical (unpaired) electrons. The van der Waals surface area contributed by atoms with Crippen LogP contribution in [0.5, 0.6) is 5.75 Å². The molecule has 0 spiro atoms. The van der Waals surface area contributed by atoms with Crippen LogP contribution in [-0.2, 0) is 4.74 Å². The number of benzene rings is 1. The van der Waals surface area contributed by atoms with Crippen molar-refractivity contribution in [3.63, 3.8) is 0 Å². The van der Waals surface area contributed by atoms with Crippen molar-refractivity contribution in [3.05, 3.63) is 58.3 Å². The summed E-state index contributed by atoms with van der Waals surface area (Å²) in [4.78, 5) is 25.9. The molecule has 1 N–H and O–H groups in total. The number of nitro groups is 1.